The van der Waals surface area contributed by atoms with E-state index in [1.165, 1.54) is 12.8 Å². The van der Waals surface area contributed by atoms with Gasteiger partial charge in [0.05, 0.1) is 0 Å². The first-order valence-corrected chi connectivity index (χ1v) is 6.83. The Morgan fingerprint density at radius 1 is 1.41 bits per heavy atom. The second kappa shape index (κ2) is 5.85. The fourth-order valence-corrected chi connectivity index (χ4v) is 2.50. The summed E-state index contributed by atoms with van der Waals surface area (Å²) in [5.74, 6) is 0.256. The predicted molar refractivity (Wildman–Crippen MR) is 71.7 cm³/mol. The van der Waals surface area contributed by atoms with E-state index in [-0.39, 0.29) is 11.9 Å². The van der Waals surface area contributed by atoms with Crippen LogP contribution in [0.2, 0.25) is 0 Å². The minimum atomic E-state index is 0.123. The van der Waals surface area contributed by atoms with Crippen LogP contribution in [0.3, 0.4) is 0 Å². The van der Waals surface area contributed by atoms with Gasteiger partial charge in [-0.2, -0.15) is 0 Å². The first-order valence-electron chi connectivity index (χ1n) is 6.83. The molecular weight excluding hydrogens is 212 g/mol. The van der Waals surface area contributed by atoms with Crippen molar-refractivity contribution in [1.82, 2.24) is 4.90 Å². The molecule has 1 amide bonds. The normalized spacial score (nSPS) is 22.2. The lowest BCUT2D eigenvalue weighted by atomic mass is 9.75. The van der Waals surface area contributed by atoms with E-state index in [0.717, 1.165) is 19.3 Å². The van der Waals surface area contributed by atoms with Crippen molar-refractivity contribution in [2.45, 2.75) is 71.4 Å². The lowest BCUT2D eigenvalue weighted by Gasteiger charge is -2.38. The van der Waals surface area contributed by atoms with Gasteiger partial charge in [0.15, 0.2) is 0 Å². The molecule has 0 radical (unpaired) electrons. The Labute approximate surface area is 106 Å². The molecule has 0 heterocycles. The van der Waals surface area contributed by atoms with Gasteiger partial charge in [-0.05, 0) is 44.4 Å². The molecule has 17 heavy (non-hydrogen) atoms. The second-order valence-corrected chi connectivity index (χ2v) is 6.42. The molecule has 0 bridgehead atoms. The minimum absolute atomic E-state index is 0.123. The number of rotatable bonds is 4. The molecular formula is C14H28N2O. The summed E-state index contributed by atoms with van der Waals surface area (Å²) in [5, 5.41) is 0. The average Bonchev–Trinajstić information content (AvgIpc) is 2.25. The van der Waals surface area contributed by atoms with Gasteiger partial charge >= 0.3 is 0 Å². The molecule has 0 aromatic heterocycles. The Kier molecular flexibility index (Phi) is 4.99. The van der Waals surface area contributed by atoms with E-state index in [0.29, 0.717) is 17.9 Å². The zero-order valence-corrected chi connectivity index (χ0v) is 11.8. The van der Waals surface area contributed by atoms with Crippen LogP contribution in [0.15, 0.2) is 0 Å². The fraction of sp³-hybridized carbons (Fsp3) is 0.929. The molecule has 0 spiro atoms. The number of hydrogen-bond acceptors (Lipinski definition) is 2. The number of nitrogens with zero attached hydrogens (tertiary/aromatic N) is 1. The maximum Gasteiger partial charge on any atom is 0.222 e. The van der Waals surface area contributed by atoms with Gasteiger partial charge in [-0.15, -0.1) is 0 Å². The van der Waals surface area contributed by atoms with Crippen LogP contribution in [0.4, 0.5) is 0 Å². The average molecular weight is 240 g/mol. The third-order valence-electron chi connectivity index (χ3n) is 4.06. The Hall–Kier alpha value is -0.570. The first kappa shape index (κ1) is 14.5. The molecule has 1 fully saturated rings. The fourth-order valence-electron chi connectivity index (χ4n) is 2.50. The molecule has 0 aromatic carbocycles. The molecule has 100 valence electrons. The SMILES string of the molecule is CC(N)CCC(=O)N(C)C1CCC(C)(C)CC1. The summed E-state index contributed by atoms with van der Waals surface area (Å²) in [5.41, 5.74) is 6.15. The van der Waals surface area contributed by atoms with Gasteiger partial charge in [-0.1, -0.05) is 13.8 Å². The third kappa shape index (κ3) is 4.66. The maximum absolute atomic E-state index is 12.0. The highest BCUT2D eigenvalue weighted by molar-refractivity contribution is 5.76. The summed E-state index contributed by atoms with van der Waals surface area (Å²) in [6, 6.07) is 0.571. The lowest BCUT2D eigenvalue weighted by Crippen LogP contribution is -2.41. The van der Waals surface area contributed by atoms with Crippen molar-refractivity contribution < 1.29 is 4.79 Å². The molecule has 3 nitrogen and oxygen atoms in total. The molecule has 1 atom stereocenters. The maximum atomic E-state index is 12.0. The molecule has 1 rings (SSSR count). The van der Waals surface area contributed by atoms with Crippen LogP contribution in [-0.2, 0) is 4.79 Å². The topological polar surface area (TPSA) is 46.3 Å². The van der Waals surface area contributed by atoms with Crippen LogP contribution in [-0.4, -0.2) is 29.9 Å². The molecule has 1 unspecified atom stereocenters. The van der Waals surface area contributed by atoms with Crippen molar-refractivity contribution in [3.63, 3.8) is 0 Å². The molecule has 1 saturated carbocycles. The standard InChI is InChI=1S/C14H28N2O/c1-11(15)5-6-13(17)16(4)12-7-9-14(2,3)10-8-12/h11-12H,5-10,15H2,1-4H3. The van der Waals surface area contributed by atoms with Crippen molar-refractivity contribution in [2.24, 2.45) is 11.1 Å². The zero-order valence-electron chi connectivity index (χ0n) is 11.8. The monoisotopic (exact) mass is 240 g/mol. The second-order valence-electron chi connectivity index (χ2n) is 6.42. The molecule has 0 aliphatic heterocycles. The molecule has 0 aromatic rings. The van der Waals surface area contributed by atoms with E-state index >= 15 is 0 Å². The van der Waals surface area contributed by atoms with Crippen LogP contribution in [0.5, 0.6) is 0 Å². The first-order chi connectivity index (χ1) is 7.82. The van der Waals surface area contributed by atoms with Crippen molar-refractivity contribution in [1.29, 1.82) is 0 Å². The highest BCUT2D eigenvalue weighted by Crippen LogP contribution is 2.36. The molecule has 0 saturated heterocycles. The van der Waals surface area contributed by atoms with Crippen molar-refractivity contribution in [3.8, 4) is 0 Å². The van der Waals surface area contributed by atoms with E-state index in [9.17, 15) is 4.79 Å². The van der Waals surface area contributed by atoms with E-state index in [2.05, 4.69) is 13.8 Å². The van der Waals surface area contributed by atoms with E-state index in [4.69, 9.17) is 5.73 Å². The molecule has 1 aliphatic rings. The van der Waals surface area contributed by atoms with Gasteiger partial charge < -0.3 is 10.6 Å². The number of amides is 1. The lowest BCUT2D eigenvalue weighted by molar-refractivity contribution is -0.133. The summed E-state index contributed by atoms with van der Waals surface area (Å²) in [4.78, 5) is 13.9. The zero-order chi connectivity index (χ0) is 13.1. The van der Waals surface area contributed by atoms with Crippen LogP contribution in [0, 0.1) is 5.41 Å². The molecule has 3 heteroatoms. The number of carbonyl (C=O) groups is 1. The van der Waals surface area contributed by atoms with Crippen LogP contribution in [0.25, 0.3) is 0 Å². The largest absolute Gasteiger partial charge is 0.343 e. The van der Waals surface area contributed by atoms with Gasteiger partial charge in [0.25, 0.3) is 0 Å². The quantitative estimate of drug-likeness (QED) is 0.821. The van der Waals surface area contributed by atoms with E-state index in [1.807, 2.05) is 18.9 Å². The number of nitrogens with two attached hydrogens (primary N) is 1. The van der Waals surface area contributed by atoms with Gasteiger partial charge in [0, 0.05) is 25.6 Å². The smallest absolute Gasteiger partial charge is 0.222 e. The van der Waals surface area contributed by atoms with Gasteiger partial charge in [-0.3, -0.25) is 4.79 Å². The Morgan fingerprint density at radius 2 is 1.94 bits per heavy atom. The third-order valence-corrected chi connectivity index (χ3v) is 4.06. The summed E-state index contributed by atoms with van der Waals surface area (Å²) in [6.07, 6.45) is 6.13. The summed E-state index contributed by atoms with van der Waals surface area (Å²) in [7, 11) is 1.95. The Balaban J connectivity index is 2.37. The summed E-state index contributed by atoms with van der Waals surface area (Å²) >= 11 is 0. The highest BCUT2D eigenvalue weighted by atomic mass is 16.2. The van der Waals surface area contributed by atoms with Crippen molar-refractivity contribution in [3.05, 3.63) is 0 Å². The Bertz CT molecular complexity index is 251. The van der Waals surface area contributed by atoms with Crippen molar-refractivity contribution >= 4 is 5.91 Å². The highest BCUT2D eigenvalue weighted by Gasteiger charge is 2.30. The van der Waals surface area contributed by atoms with Gasteiger partial charge in [-0.25, -0.2) is 0 Å². The van der Waals surface area contributed by atoms with Crippen LogP contribution in [0.1, 0.15) is 59.3 Å². The van der Waals surface area contributed by atoms with Crippen LogP contribution >= 0.6 is 0 Å². The van der Waals surface area contributed by atoms with Crippen molar-refractivity contribution in [2.75, 3.05) is 7.05 Å². The minimum Gasteiger partial charge on any atom is -0.343 e. The van der Waals surface area contributed by atoms with E-state index in [1.54, 1.807) is 0 Å². The molecule has 2 N–H and O–H groups in total. The van der Waals surface area contributed by atoms with E-state index < -0.39 is 0 Å². The summed E-state index contributed by atoms with van der Waals surface area (Å²) in [6.45, 7) is 6.60. The van der Waals surface area contributed by atoms with Gasteiger partial charge in [0.1, 0.15) is 0 Å². The number of carbonyl (C=O) groups excluding carboxylic acids is 1. The Morgan fingerprint density at radius 3 is 2.41 bits per heavy atom. The van der Waals surface area contributed by atoms with Gasteiger partial charge in [0.2, 0.25) is 5.91 Å². The summed E-state index contributed by atoms with van der Waals surface area (Å²) < 4.78 is 0. The number of hydrogen-bond donors (Lipinski definition) is 1. The molecule has 1 aliphatic carbocycles. The van der Waals surface area contributed by atoms with Crippen LogP contribution < -0.4 is 5.73 Å². The predicted octanol–water partition coefficient (Wildman–Crippen LogP) is 2.54.